The summed E-state index contributed by atoms with van der Waals surface area (Å²) >= 11 is 0. The maximum atomic E-state index is 9.94. The van der Waals surface area contributed by atoms with Crippen LogP contribution in [0.4, 0.5) is 0 Å². The number of hydrogen-bond donors (Lipinski definition) is 2. The molecule has 1 aromatic heterocycles. The third-order valence-electron chi connectivity index (χ3n) is 3.14. The fourth-order valence-corrected chi connectivity index (χ4v) is 2.16. The Morgan fingerprint density at radius 1 is 0.857 bits per heavy atom. The van der Waals surface area contributed by atoms with Gasteiger partial charge in [0.2, 0.25) is 0 Å². The third-order valence-corrected chi connectivity index (χ3v) is 3.14. The maximum absolute atomic E-state index is 9.94. The molecule has 0 unspecified atom stereocenters. The quantitative estimate of drug-likeness (QED) is 0.752. The molecule has 0 saturated heterocycles. The molecule has 0 spiro atoms. The van der Waals surface area contributed by atoms with Crippen molar-refractivity contribution in [2.45, 2.75) is 6.92 Å². The fraction of sp³-hybridized carbons (Fsp3) is 0.0588. The van der Waals surface area contributed by atoms with E-state index in [9.17, 15) is 10.2 Å². The van der Waals surface area contributed by atoms with Crippen molar-refractivity contribution in [1.82, 2.24) is 9.97 Å². The van der Waals surface area contributed by atoms with Gasteiger partial charge in [-0.1, -0.05) is 24.3 Å². The summed E-state index contributed by atoms with van der Waals surface area (Å²) < 4.78 is 0. The average molecular weight is 278 g/mol. The number of hydrogen-bond acceptors (Lipinski definition) is 4. The topological polar surface area (TPSA) is 66.2 Å². The summed E-state index contributed by atoms with van der Waals surface area (Å²) in [6, 6.07) is 15.7. The molecular weight excluding hydrogens is 264 g/mol. The predicted molar refractivity (Wildman–Crippen MR) is 81.0 cm³/mol. The van der Waals surface area contributed by atoms with Crippen molar-refractivity contribution in [2.24, 2.45) is 0 Å². The van der Waals surface area contributed by atoms with E-state index in [0.29, 0.717) is 17.1 Å². The lowest BCUT2D eigenvalue weighted by molar-refractivity contribution is 0.475. The lowest BCUT2D eigenvalue weighted by atomic mass is 10.1. The summed E-state index contributed by atoms with van der Waals surface area (Å²) in [4.78, 5) is 8.87. The van der Waals surface area contributed by atoms with Gasteiger partial charge in [-0.3, -0.25) is 0 Å². The second kappa shape index (κ2) is 5.25. The van der Waals surface area contributed by atoms with Crippen molar-refractivity contribution in [1.29, 1.82) is 0 Å². The number of aromatic nitrogens is 2. The summed E-state index contributed by atoms with van der Waals surface area (Å²) in [5.74, 6) is 0.796. The first-order valence-electron chi connectivity index (χ1n) is 6.57. The highest BCUT2D eigenvalue weighted by Crippen LogP contribution is 2.29. The van der Waals surface area contributed by atoms with Crippen molar-refractivity contribution in [3.05, 3.63) is 60.3 Å². The summed E-state index contributed by atoms with van der Waals surface area (Å²) in [6.07, 6.45) is 0. The number of aromatic hydroxyl groups is 2. The number of aryl methyl sites for hydroxylation is 1. The molecule has 3 aromatic rings. The van der Waals surface area contributed by atoms with Gasteiger partial charge in [0.1, 0.15) is 11.5 Å². The smallest absolute Gasteiger partial charge is 0.163 e. The number of phenols is 2. The van der Waals surface area contributed by atoms with Crippen LogP contribution >= 0.6 is 0 Å². The Labute approximate surface area is 122 Å². The van der Waals surface area contributed by atoms with Crippen LogP contribution in [0.15, 0.2) is 54.6 Å². The van der Waals surface area contributed by atoms with E-state index in [2.05, 4.69) is 9.97 Å². The van der Waals surface area contributed by atoms with Crippen LogP contribution in [0.25, 0.3) is 22.6 Å². The molecule has 2 aromatic carbocycles. The van der Waals surface area contributed by atoms with Crippen LogP contribution in [0.5, 0.6) is 11.5 Å². The van der Waals surface area contributed by atoms with E-state index in [1.165, 1.54) is 0 Å². The fourth-order valence-electron chi connectivity index (χ4n) is 2.16. The van der Waals surface area contributed by atoms with Gasteiger partial charge in [0.15, 0.2) is 5.82 Å². The standard InChI is InChI=1S/C17H14N2O2/c1-11-9-15(12-5-4-6-13(20)10-12)19-17(18-11)14-7-2-3-8-16(14)21/h2-10,20-21H,1H3. The zero-order valence-electron chi connectivity index (χ0n) is 11.5. The van der Waals surface area contributed by atoms with Gasteiger partial charge in [-0.25, -0.2) is 9.97 Å². The minimum Gasteiger partial charge on any atom is -0.508 e. The van der Waals surface area contributed by atoms with Crippen LogP contribution in [0.3, 0.4) is 0 Å². The molecular formula is C17H14N2O2. The highest BCUT2D eigenvalue weighted by molar-refractivity contribution is 5.68. The molecule has 0 bridgehead atoms. The van der Waals surface area contributed by atoms with Crippen LogP contribution in [0.2, 0.25) is 0 Å². The van der Waals surface area contributed by atoms with Crippen molar-refractivity contribution < 1.29 is 10.2 Å². The van der Waals surface area contributed by atoms with E-state index in [0.717, 1.165) is 11.3 Å². The minimum atomic E-state index is 0.143. The molecule has 0 fully saturated rings. The van der Waals surface area contributed by atoms with Crippen LogP contribution in [-0.2, 0) is 0 Å². The first kappa shape index (κ1) is 13.1. The molecule has 0 aliphatic heterocycles. The highest BCUT2D eigenvalue weighted by Gasteiger charge is 2.10. The van der Waals surface area contributed by atoms with Gasteiger partial charge in [-0.15, -0.1) is 0 Å². The van der Waals surface area contributed by atoms with Crippen molar-refractivity contribution in [2.75, 3.05) is 0 Å². The minimum absolute atomic E-state index is 0.143. The molecule has 0 atom stereocenters. The Hall–Kier alpha value is -2.88. The summed E-state index contributed by atoms with van der Waals surface area (Å²) in [5.41, 5.74) is 2.89. The average Bonchev–Trinajstić information content (AvgIpc) is 2.47. The second-order valence-corrected chi connectivity index (χ2v) is 4.79. The zero-order valence-corrected chi connectivity index (χ0v) is 11.5. The van der Waals surface area contributed by atoms with Gasteiger partial charge < -0.3 is 10.2 Å². The first-order valence-corrected chi connectivity index (χ1v) is 6.57. The monoisotopic (exact) mass is 278 g/mol. The summed E-state index contributed by atoms with van der Waals surface area (Å²) in [5, 5.41) is 19.5. The molecule has 0 saturated carbocycles. The molecule has 4 nitrogen and oxygen atoms in total. The Morgan fingerprint density at radius 3 is 2.43 bits per heavy atom. The number of nitrogens with zero attached hydrogens (tertiary/aromatic N) is 2. The Balaban J connectivity index is 2.15. The summed E-state index contributed by atoms with van der Waals surface area (Å²) in [7, 11) is 0. The van der Waals surface area contributed by atoms with Crippen molar-refractivity contribution in [3.8, 4) is 34.1 Å². The molecule has 2 N–H and O–H groups in total. The SMILES string of the molecule is Cc1cc(-c2cccc(O)c2)nc(-c2ccccc2O)n1. The lowest BCUT2D eigenvalue weighted by Gasteiger charge is -2.08. The Kier molecular flexibility index (Phi) is 3.28. The predicted octanol–water partition coefficient (Wildman–Crippen LogP) is 3.53. The Bertz CT molecular complexity index is 800. The Morgan fingerprint density at radius 2 is 1.67 bits per heavy atom. The normalized spacial score (nSPS) is 10.5. The molecule has 4 heteroatoms. The highest BCUT2D eigenvalue weighted by atomic mass is 16.3. The molecule has 1 heterocycles. The molecule has 0 radical (unpaired) electrons. The largest absolute Gasteiger partial charge is 0.508 e. The van der Waals surface area contributed by atoms with Crippen molar-refractivity contribution >= 4 is 0 Å². The van der Waals surface area contributed by atoms with E-state index in [-0.39, 0.29) is 11.5 Å². The van der Waals surface area contributed by atoms with E-state index in [1.54, 1.807) is 36.4 Å². The second-order valence-electron chi connectivity index (χ2n) is 4.79. The van der Waals surface area contributed by atoms with Gasteiger partial charge in [0.05, 0.1) is 11.3 Å². The van der Waals surface area contributed by atoms with E-state index >= 15 is 0 Å². The number of benzene rings is 2. The summed E-state index contributed by atoms with van der Waals surface area (Å²) in [6.45, 7) is 1.87. The maximum Gasteiger partial charge on any atom is 0.163 e. The van der Waals surface area contributed by atoms with Crippen LogP contribution in [0, 0.1) is 6.92 Å². The molecule has 0 aliphatic carbocycles. The van der Waals surface area contributed by atoms with E-state index in [4.69, 9.17) is 0 Å². The van der Waals surface area contributed by atoms with Crippen LogP contribution < -0.4 is 0 Å². The number of phenolic OH excluding ortho intramolecular Hbond substituents is 2. The molecule has 21 heavy (non-hydrogen) atoms. The van der Waals surface area contributed by atoms with Gasteiger partial charge in [-0.05, 0) is 37.3 Å². The number of para-hydroxylation sites is 1. The van der Waals surface area contributed by atoms with E-state index < -0.39 is 0 Å². The first-order chi connectivity index (χ1) is 10.1. The molecule has 104 valence electrons. The van der Waals surface area contributed by atoms with Gasteiger partial charge in [-0.2, -0.15) is 0 Å². The third kappa shape index (κ3) is 2.69. The lowest BCUT2D eigenvalue weighted by Crippen LogP contribution is -1.95. The number of rotatable bonds is 2. The van der Waals surface area contributed by atoms with Crippen LogP contribution in [-0.4, -0.2) is 20.2 Å². The molecule has 3 rings (SSSR count). The zero-order chi connectivity index (χ0) is 14.8. The van der Waals surface area contributed by atoms with Gasteiger partial charge in [0.25, 0.3) is 0 Å². The van der Waals surface area contributed by atoms with Gasteiger partial charge in [0, 0.05) is 11.3 Å². The van der Waals surface area contributed by atoms with E-state index in [1.807, 2.05) is 25.1 Å². The van der Waals surface area contributed by atoms with Crippen LogP contribution in [0.1, 0.15) is 5.69 Å². The molecule has 0 amide bonds. The van der Waals surface area contributed by atoms with Crippen molar-refractivity contribution in [3.63, 3.8) is 0 Å². The molecule has 0 aliphatic rings. The van der Waals surface area contributed by atoms with Gasteiger partial charge >= 0.3 is 0 Å².